The fourth-order valence-electron chi connectivity index (χ4n) is 4.14. The SMILES string of the molecule is CC(=O)N1N=C(c2ccc(-c3ccccc3)cc2)CC1c1ccc2ccccc2c1. The molecule has 4 aromatic carbocycles. The molecule has 0 saturated heterocycles. The number of hydrogen-bond acceptors (Lipinski definition) is 2. The Morgan fingerprint density at radius 3 is 2.13 bits per heavy atom. The van der Waals surface area contributed by atoms with Crippen molar-refractivity contribution in [2.45, 2.75) is 19.4 Å². The summed E-state index contributed by atoms with van der Waals surface area (Å²) in [7, 11) is 0. The topological polar surface area (TPSA) is 32.7 Å². The maximum atomic E-state index is 12.3. The van der Waals surface area contributed by atoms with E-state index in [9.17, 15) is 4.79 Å². The predicted octanol–water partition coefficient (Wildman–Crippen LogP) is 6.20. The van der Waals surface area contributed by atoms with Crippen LogP contribution in [0.2, 0.25) is 0 Å². The van der Waals surface area contributed by atoms with Gasteiger partial charge in [-0.15, -0.1) is 0 Å². The summed E-state index contributed by atoms with van der Waals surface area (Å²) >= 11 is 0. The lowest BCUT2D eigenvalue weighted by Crippen LogP contribution is -2.24. The highest BCUT2D eigenvalue weighted by atomic mass is 16.2. The van der Waals surface area contributed by atoms with E-state index in [4.69, 9.17) is 5.10 Å². The summed E-state index contributed by atoms with van der Waals surface area (Å²) in [5.74, 6) is -0.0379. The third-order valence-corrected chi connectivity index (χ3v) is 5.72. The molecule has 30 heavy (non-hydrogen) atoms. The van der Waals surface area contributed by atoms with E-state index in [1.807, 2.05) is 30.3 Å². The molecule has 0 radical (unpaired) electrons. The lowest BCUT2D eigenvalue weighted by atomic mass is 9.95. The molecule has 1 aliphatic heterocycles. The Hall–Kier alpha value is -3.72. The number of amides is 1. The van der Waals surface area contributed by atoms with Crippen molar-refractivity contribution in [3.8, 4) is 11.1 Å². The fraction of sp³-hybridized carbons (Fsp3) is 0.111. The second kappa shape index (κ2) is 7.60. The van der Waals surface area contributed by atoms with Gasteiger partial charge in [-0.2, -0.15) is 5.10 Å². The lowest BCUT2D eigenvalue weighted by Gasteiger charge is -2.20. The fourth-order valence-corrected chi connectivity index (χ4v) is 4.14. The van der Waals surface area contributed by atoms with E-state index in [0.29, 0.717) is 6.42 Å². The molecule has 0 fully saturated rings. The summed E-state index contributed by atoms with van der Waals surface area (Å²) in [4.78, 5) is 12.3. The maximum absolute atomic E-state index is 12.3. The van der Waals surface area contributed by atoms with Crippen LogP contribution in [-0.2, 0) is 4.79 Å². The van der Waals surface area contributed by atoms with Crippen LogP contribution < -0.4 is 0 Å². The number of fused-ring (bicyclic) bond motifs is 1. The van der Waals surface area contributed by atoms with Crippen molar-refractivity contribution in [3.63, 3.8) is 0 Å². The van der Waals surface area contributed by atoms with Crippen LogP contribution >= 0.6 is 0 Å². The van der Waals surface area contributed by atoms with E-state index in [1.165, 1.54) is 21.9 Å². The van der Waals surface area contributed by atoms with Gasteiger partial charge >= 0.3 is 0 Å². The van der Waals surface area contributed by atoms with Gasteiger partial charge in [0, 0.05) is 13.3 Å². The first-order valence-electron chi connectivity index (χ1n) is 10.2. The Morgan fingerprint density at radius 1 is 0.767 bits per heavy atom. The van der Waals surface area contributed by atoms with Crippen LogP contribution in [-0.4, -0.2) is 16.6 Å². The molecule has 3 heteroatoms. The standard InChI is InChI=1S/C27H22N2O/c1-19(30)29-27(25-16-13-21-9-5-6-10-24(21)17-25)18-26(28-29)23-14-11-22(12-15-23)20-7-3-2-4-8-20/h2-17,27H,18H2,1H3. The zero-order valence-electron chi connectivity index (χ0n) is 16.8. The van der Waals surface area contributed by atoms with Gasteiger partial charge in [-0.25, -0.2) is 5.01 Å². The van der Waals surface area contributed by atoms with Crippen LogP contribution in [0.4, 0.5) is 0 Å². The maximum Gasteiger partial charge on any atom is 0.240 e. The Kier molecular flexibility index (Phi) is 4.64. The van der Waals surface area contributed by atoms with Gasteiger partial charge in [0.2, 0.25) is 5.91 Å². The Balaban J connectivity index is 1.45. The lowest BCUT2D eigenvalue weighted by molar-refractivity contribution is -0.130. The molecule has 0 aliphatic carbocycles. The number of hydrazone groups is 1. The molecule has 4 aromatic rings. The van der Waals surface area contributed by atoms with Gasteiger partial charge in [0.25, 0.3) is 0 Å². The molecule has 0 N–H and O–H groups in total. The first-order valence-corrected chi connectivity index (χ1v) is 10.2. The van der Waals surface area contributed by atoms with Gasteiger partial charge in [0.05, 0.1) is 11.8 Å². The Bertz CT molecular complexity index is 1240. The van der Waals surface area contributed by atoms with Gasteiger partial charge in [0.1, 0.15) is 0 Å². The third-order valence-electron chi connectivity index (χ3n) is 5.72. The minimum atomic E-state index is -0.0732. The molecule has 146 valence electrons. The first kappa shape index (κ1) is 18.3. The molecule has 1 aliphatic rings. The quantitative estimate of drug-likeness (QED) is 0.410. The molecular formula is C27H22N2O. The molecule has 3 nitrogen and oxygen atoms in total. The van der Waals surface area contributed by atoms with Crippen molar-refractivity contribution < 1.29 is 4.79 Å². The molecule has 1 unspecified atom stereocenters. The molecule has 5 rings (SSSR count). The highest BCUT2D eigenvalue weighted by molar-refractivity contribution is 6.03. The number of hydrogen-bond donors (Lipinski definition) is 0. The number of carbonyl (C=O) groups excluding carboxylic acids is 1. The molecule has 0 bridgehead atoms. The molecule has 0 aromatic heterocycles. The molecule has 0 saturated carbocycles. The summed E-state index contributed by atoms with van der Waals surface area (Å²) in [5.41, 5.74) is 5.49. The molecular weight excluding hydrogens is 368 g/mol. The average molecular weight is 390 g/mol. The first-order chi connectivity index (χ1) is 14.7. The molecule has 1 heterocycles. The monoisotopic (exact) mass is 390 g/mol. The molecule has 1 atom stereocenters. The van der Waals surface area contributed by atoms with Crippen LogP contribution in [0.5, 0.6) is 0 Å². The van der Waals surface area contributed by atoms with E-state index in [-0.39, 0.29) is 11.9 Å². The van der Waals surface area contributed by atoms with Gasteiger partial charge < -0.3 is 0 Å². The van der Waals surface area contributed by atoms with Gasteiger partial charge in [-0.3, -0.25) is 4.79 Å². The van der Waals surface area contributed by atoms with Gasteiger partial charge in [0.15, 0.2) is 0 Å². The molecule has 0 spiro atoms. The second-order valence-electron chi connectivity index (χ2n) is 7.68. The van der Waals surface area contributed by atoms with E-state index in [0.717, 1.165) is 16.8 Å². The summed E-state index contributed by atoms with van der Waals surface area (Å²) in [6, 6.07) is 33.4. The van der Waals surface area contributed by atoms with E-state index >= 15 is 0 Å². The Morgan fingerprint density at radius 2 is 1.40 bits per heavy atom. The largest absolute Gasteiger partial charge is 0.273 e. The van der Waals surface area contributed by atoms with Crippen molar-refractivity contribution >= 4 is 22.4 Å². The predicted molar refractivity (Wildman–Crippen MR) is 122 cm³/mol. The van der Waals surface area contributed by atoms with Crippen molar-refractivity contribution in [2.24, 2.45) is 5.10 Å². The third kappa shape index (κ3) is 3.39. The Labute approximate surface area is 176 Å². The smallest absolute Gasteiger partial charge is 0.240 e. The summed E-state index contributed by atoms with van der Waals surface area (Å²) in [6.45, 7) is 1.58. The minimum absolute atomic E-state index is 0.0379. The normalized spacial score (nSPS) is 16.0. The number of rotatable bonds is 3. The second-order valence-corrected chi connectivity index (χ2v) is 7.68. The van der Waals surface area contributed by atoms with E-state index in [1.54, 1.807) is 11.9 Å². The zero-order valence-corrected chi connectivity index (χ0v) is 16.8. The van der Waals surface area contributed by atoms with Crippen LogP contribution in [0.15, 0.2) is 102 Å². The van der Waals surface area contributed by atoms with Crippen molar-refractivity contribution in [1.29, 1.82) is 0 Å². The van der Waals surface area contributed by atoms with E-state index < -0.39 is 0 Å². The molecule has 1 amide bonds. The number of nitrogens with zero attached hydrogens (tertiary/aromatic N) is 2. The zero-order chi connectivity index (χ0) is 20.5. The average Bonchev–Trinajstić information content (AvgIpc) is 3.25. The van der Waals surface area contributed by atoms with E-state index in [2.05, 4.69) is 66.7 Å². The highest BCUT2D eigenvalue weighted by Gasteiger charge is 2.31. The highest BCUT2D eigenvalue weighted by Crippen LogP contribution is 2.34. The summed E-state index contributed by atoms with van der Waals surface area (Å²) in [5, 5.41) is 8.71. The summed E-state index contributed by atoms with van der Waals surface area (Å²) in [6.07, 6.45) is 0.711. The number of benzene rings is 4. The van der Waals surface area contributed by atoms with Crippen LogP contribution in [0.3, 0.4) is 0 Å². The van der Waals surface area contributed by atoms with Crippen LogP contribution in [0, 0.1) is 0 Å². The van der Waals surface area contributed by atoms with Crippen LogP contribution in [0.25, 0.3) is 21.9 Å². The van der Waals surface area contributed by atoms with Crippen LogP contribution in [0.1, 0.15) is 30.5 Å². The van der Waals surface area contributed by atoms with Crippen molar-refractivity contribution in [2.75, 3.05) is 0 Å². The van der Waals surface area contributed by atoms with Crippen molar-refractivity contribution in [3.05, 3.63) is 108 Å². The number of carbonyl (C=O) groups is 1. The van der Waals surface area contributed by atoms with Crippen molar-refractivity contribution in [1.82, 2.24) is 5.01 Å². The summed E-state index contributed by atoms with van der Waals surface area (Å²) < 4.78 is 0. The minimum Gasteiger partial charge on any atom is -0.273 e. The van der Waals surface area contributed by atoms with Gasteiger partial charge in [-0.1, -0.05) is 91.0 Å². The van der Waals surface area contributed by atoms with Gasteiger partial charge in [-0.05, 0) is 39.1 Å².